The van der Waals surface area contributed by atoms with E-state index in [2.05, 4.69) is 23.2 Å². The first-order chi connectivity index (χ1) is 12.6. The number of hydrogen-bond acceptors (Lipinski definition) is 3. The standard InChI is InChI=1S/C20H22ClN3O2/c1-4-14(18(21)5-2)12-23-10-9-19-17(13-23)20(25)24(22-19)15-7-6-8-16(11-15)26-3/h4-8,11,22H,1-2,9-10,12-13H2,3H3/b18-14-. The summed E-state index contributed by atoms with van der Waals surface area (Å²) in [6, 6.07) is 7.44. The maximum absolute atomic E-state index is 12.9. The molecule has 1 aromatic heterocycles. The van der Waals surface area contributed by atoms with E-state index in [0.29, 0.717) is 23.9 Å². The average molecular weight is 372 g/mol. The van der Waals surface area contributed by atoms with Crippen LogP contribution >= 0.6 is 11.6 Å². The first kappa shape index (κ1) is 18.3. The monoisotopic (exact) mass is 371 g/mol. The maximum atomic E-state index is 12.9. The van der Waals surface area contributed by atoms with Crippen molar-refractivity contribution in [1.82, 2.24) is 14.7 Å². The molecule has 0 radical (unpaired) electrons. The lowest BCUT2D eigenvalue weighted by atomic mass is 10.1. The summed E-state index contributed by atoms with van der Waals surface area (Å²) >= 11 is 6.17. The summed E-state index contributed by atoms with van der Waals surface area (Å²) in [6.07, 6.45) is 4.13. The number of H-pyrrole nitrogens is 1. The molecule has 0 spiro atoms. The van der Waals surface area contributed by atoms with Crippen LogP contribution in [-0.2, 0) is 13.0 Å². The van der Waals surface area contributed by atoms with Gasteiger partial charge in [-0.1, -0.05) is 43.0 Å². The Morgan fingerprint density at radius 3 is 2.88 bits per heavy atom. The lowest BCUT2D eigenvalue weighted by Crippen LogP contribution is -2.34. The number of nitrogens with zero attached hydrogens (tertiary/aromatic N) is 2. The van der Waals surface area contributed by atoms with Gasteiger partial charge in [0.15, 0.2) is 0 Å². The van der Waals surface area contributed by atoms with Crippen LogP contribution in [0.15, 0.2) is 65.0 Å². The van der Waals surface area contributed by atoms with Crippen LogP contribution in [0.4, 0.5) is 0 Å². The van der Waals surface area contributed by atoms with Crippen molar-refractivity contribution < 1.29 is 4.74 Å². The van der Waals surface area contributed by atoms with E-state index in [1.807, 2.05) is 24.3 Å². The third-order valence-corrected chi connectivity index (χ3v) is 4.97. The van der Waals surface area contributed by atoms with Gasteiger partial charge in [-0.3, -0.25) is 14.8 Å². The minimum atomic E-state index is -0.0306. The molecule has 0 amide bonds. The average Bonchev–Trinajstić information content (AvgIpc) is 3.01. The van der Waals surface area contributed by atoms with Gasteiger partial charge < -0.3 is 4.74 Å². The van der Waals surface area contributed by atoms with Gasteiger partial charge in [0, 0.05) is 42.8 Å². The molecule has 1 aliphatic heterocycles. The number of fused-ring (bicyclic) bond motifs is 1. The Kier molecular flexibility index (Phi) is 5.49. The summed E-state index contributed by atoms with van der Waals surface area (Å²) < 4.78 is 6.83. The molecule has 0 bridgehead atoms. The highest BCUT2D eigenvalue weighted by Gasteiger charge is 2.23. The van der Waals surface area contributed by atoms with E-state index in [9.17, 15) is 4.79 Å². The predicted molar refractivity (Wildman–Crippen MR) is 105 cm³/mol. The topological polar surface area (TPSA) is 50.3 Å². The second kappa shape index (κ2) is 7.81. The Morgan fingerprint density at radius 1 is 1.38 bits per heavy atom. The quantitative estimate of drug-likeness (QED) is 0.792. The van der Waals surface area contributed by atoms with Crippen molar-refractivity contribution in [3.8, 4) is 11.4 Å². The molecule has 1 N–H and O–H groups in total. The minimum Gasteiger partial charge on any atom is -0.497 e. The summed E-state index contributed by atoms with van der Waals surface area (Å²) in [4.78, 5) is 15.1. The molecule has 0 fully saturated rings. The van der Waals surface area contributed by atoms with Gasteiger partial charge in [-0.05, 0) is 17.7 Å². The molecular weight excluding hydrogens is 350 g/mol. The molecule has 1 aromatic carbocycles. The summed E-state index contributed by atoms with van der Waals surface area (Å²) in [5.74, 6) is 0.712. The van der Waals surface area contributed by atoms with E-state index in [4.69, 9.17) is 16.3 Å². The SMILES string of the molecule is C=C/C(Cl)=C(\C=C)CN1CCc2[nH]n(-c3cccc(OC)c3)c(=O)c2C1. The Hall–Kier alpha value is -2.50. The Bertz CT molecular complexity index is 923. The van der Waals surface area contributed by atoms with Crippen LogP contribution in [0.5, 0.6) is 5.75 Å². The predicted octanol–water partition coefficient (Wildman–Crippen LogP) is 3.40. The van der Waals surface area contributed by atoms with E-state index in [-0.39, 0.29) is 5.56 Å². The van der Waals surface area contributed by atoms with Gasteiger partial charge >= 0.3 is 0 Å². The van der Waals surface area contributed by atoms with E-state index >= 15 is 0 Å². The van der Waals surface area contributed by atoms with Gasteiger partial charge in [0.2, 0.25) is 0 Å². The van der Waals surface area contributed by atoms with Gasteiger partial charge in [-0.25, -0.2) is 4.68 Å². The third kappa shape index (κ3) is 3.54. The fourth-order valence-corrected chi connectivity index (χ4v) is 3.27. The van der Waals surface area contributed by atoms with E-state index < -0.39 is 0 Å². The van der Waals surface area contributed by atoms with Crippen molar-refractivity contribution in [3.63, 3.8) is 0 Å². The van der Waals surface area contributed by atoms with Crippen molar-refractivity contribution >= 4 is 11.6 Å². The molecular formula is C20H22ClN3O2. The number of ether oxygens (including phenoxy) is 1. The van der Waals surface area contributed by atoms with Crippen LogP contribution in [0.3, 0.4) is 0 Å². The summed E-state index contributed by atoms with van der Waals surface area (Å²) in [7, 11) is 1.61. The molecule has 0 atom stereocenters. The van der Waals surface area contributed by atoms with Crippen molar-refractivity contribution in [2.45, 2.75) is 13.0 Å². The molecule has 0 unspecified atom stereocenters. The molecule has 6 heteroatoms. The molecule has 1 aliphatic rings. The molecule has 2 heterocycles. The number of hydrogen-bond donors (Lipinski definition) is 1. The Labute approximate surface area is 157 Å². The van der Waals surface area contributed by atoms with E-state index in [0.717, 1.165) is 35.5 Å². The van der Waals surface area contributed by atoms with Gasteiger partial charge in [0.25, 0.3) is 5.56 Å². The lowest BCUT2D eigenvalue weighted by molar-refractivity contribution is 0.275. The number of allylic oxidation sites excluding steroid dienone is 2. The Morgan fingerprint density at radius 2 is 2.19 bits per heavy atom. The fraction of sp³-hybridized carbons (Fsp3) is 0.250. The van der Waals surface area contributed by atoms with Crippen molar-refractivity contribution in [2.24, 2.45) is 0 Å². The van der Waals surface area contributed by atoms with E-state index in [1.165, 1.54) is 0 Å². The number of halogens is 1. The maximum Gasteiger partial charge on any atom is 0.275 e. The number of nitrogens with one attached hydrogen (secondary N) is 1. The smallest absolute Gasteiger partial charge is 0.275 e. The van der Waals surface area contributed by atoms with Crippen LogP contribution in [0.2, 0.25) is 0 Å². The van der Waals surface area contributed by atoms with Crippen LogP contribution in [0.25, 0.3) is 5.69 Å². The normalized spacial score (nSPS) is 15.2. The summed E-state index contributed by atoms with van der Waals surface area (Å²) in [5, 5.41) is 3.83. The highest BCUT2D eigenvalue weighted by atomic mass is 35.5. The molecule has 0 saturated heterocycles. The van der Waals surface area contributed by atoms with Gasteiger partial charge in [-0.15, -0.1) is 0 Å². The molecule has 0 aliphatic carbocycles. The molecule has 26 heavy (non-hydrogen) atoms. The zero-order chi connectivity index (χ0) is 18.7. The van der Waals surface area contributed by atoms with E-state index in [1.54, 1.807) is 23.9 Å². The van der Waals surface area contributed by atoms with Crippen molar-refractivity contribution in [3.05, 3.63) is 81.8 Å². The third-order valence-electron chi connectivity index (χ3n) is 4.57. The van der Waals surface area contributed by atoms with Crippen molar-refractivity contribution in [2.75, 3.05) is 20.2 Å². The number of methoxy groups -OCH3 is 1. The highest BCUT2D eigenvalue weighted by Crippen LogP contribution is 2.21. The second-order valence-corrected chi connectivity index (χ2v) is 6.56. The molecule has 5 nitrogen and oxygen atoms in total. The molecule has 2 aromatic rings. The zero-order valence-corrected chi connectivity index (χ0v) is 15.6. The number of benzene rings is 1. The molecule has 136 valence electrons. The number of aromatic nitrogens is 2. The first-order valence-corrected chi connectivity index (χ1v) is 8.78. The molecule has 0 saturated carbocycles. The number of aromatic amines is 1. The van der Waals surface area contributed by atoms with Crippen molar-refractivity contribution in [1.29, 1.82) is 0 Å². The van der Waals surface area contributed by atoms with Gasteiger partial charge in [-0.2, -0.15) is 0 Å². The van der Waals surface area contributed by atoms with Gasteiger partial charge in [0.05, 0.1) is 18.4 Å². The van der Waals surface area contributed by atoms with Crippen LogP contribution in [0.1, 0.15) is 11.3 Å². The van der Waals surface area contributed by atoms with Crippen LogP contribution in [-0.4, -0.2) is 34.9 Å². The first-order valence-electron chi connectivity index (χ1n) is 8.40. The Balaban J connectivity index is 1.88. The summed E-state index contributed by atoms with van der Waals surface area (Å²) in [6.45, 7) is 9.56. The highest BCUT2D eigenvalue weighted by molar-refractivity contribution is 6.31. The fourth-order valence-electron chi connectivity index (χ4n) is 3.14. The second-order valence-electron chi connectivity index (χ2n) is 6.15. The zero-order valence-electron chi connectivity index (χ0n) is 14.8. The lowest BCUT2D eigenvalue weighted by Gasteiger charge is -2.26. The number of rotatable bonds is 6. The van der Waals surface area contributed by atoms with Crippen LogP contribution < -0.4 is 10.3 Å². The summed E-state index contributed by atoms with van der Waals surface area (Å²) in [5.41, 5.74) is 3.41. The molecule has 3 rings (SSSR count). The van der Waals surface area contributed by atoms with Gasteiger partial charge in [0.1, 0.15) is 5.75 Å². The van der Waals surface area contributed by atoms with Crippen LogP contribution in [0, 0.1) is 0 Å². The largest absolute Gasteiger partial charge is 0.497 e. The minimum absolute atomic E-state index is 0.0306.